The van der Waals surface area contributed by atoms with E-state index in [0.717, 1.165) is 11.1 Å². The molecule has 11 nitrogen and oxygen atoms in total. The van der Waals surface area contributed by atoms with E-state index in [4.69, 9.17) is 14.3 Å². The van der Waals surface area contributed by atoms with Crippen LogP contribution in [0, 0.1) is 0 Å². The van der Waals surface area contributed by atoms with Crippen molar-refractivity contribution in [2.45, 2.75) is 43.9 Å². The van der Waals surface area contributed by atoms with Gasteiger partial charge in [0.1, 0.15) is 28.4 Å². The highest BCUT2D eigenvalue weighted by Crippen LogP contribution is 2.42. The number of rotatable bonds is 11. The number of carbonyl (C=O) groups is 4. The van der Waals surface area contributed by atoms with E-state index in [-0.39, 0.29) is 17.1 Å². The summed E-state index contributed by atoms with van der Waals surface area (Å²) in [5.41, 5.74) is 2.95. The fourth-order valence-electron chi connectivity index (χ4n) is 4.80. The number of hydrogen-bond acceptors (Lipinski definition) is 11. The number of ether oxygens (including phenoxy) is 2. The summed E-state index contributed by atoms with van der Waals surface area (Å²) in [6.45, 7) is 8.47. The van der Waals surface area contributed by atoms with Crippen LogP contribution in [-0.2, 0) is 33.5 Å². The van der Waals surface area contributed by atoms with Gasteiger partial charge >= 0.3 is 11.9 Å². The van der Waals surface area contributed by atoms with Crippen molar-refractivity contribution in [3.8, 4) is 0 Å². The Morgan fingerprint density at radius 1 is 1.11 bits per heavy atom. The highest BCUT2D eigenvalue weighted by atomic mass is 32.2. The molecule has 13 heteroatoms. The molecule has 238 valence electrons. The molecule has 0 saturated carbocycles. The third-order valence-corrected chi connectivity index (χ3v) is 8.69. The van der Waals surface area contributed by atoms with Crippen LogP contribution < -0.4 is 5.32 Å². The second-order valence-electron chi connectivity index (χ2n) is 11.2. The summed E-state index contributed by atoms with van der Waals surface area (Å²) < 4.78 is 11.3. The number of carbonyl (C=O) groups excluding carboxylic acids is 4. The zero-order valence-corrected chi connectivity index (χ0v) is 27.0. The molecule has 2 aliphatic rings. The van der Waals surface area contributed by atoms with Gasteiger partial charge in [-0.15, -0.1) is 23.1 Å². The summed E-state index contributed by atoms with van der Waals surface area (Å²) in [5, 5.41) is 7.55. The Bertz CT molecular complexity index is 1630. The van der Waals surface area contributed by atoms with Crippen molar-refractivity contribution in [3.63, 3.8) is 0 Å². The Hall–Kier alpha value is -4.75. The number of hydrogen-bond donors (Lipinski definition) is 1. The van der Waals surface area contributed by atoms with Gasteiger partial charge in [-0.1, -0.05) is 78.5 Å². The SMILES string of the molecule is C=CC1=C(C(=O)OC(c2ccccc2)c2ccccc2)N2C(=O)C(NC(=O)/C(=N\OCC(=O)OC(C)(C)C)c3cscn3)[C@H]2SC1. The molecule has 1 N–H and O–H groups in total. The van der Waals surface area contributed by atoms with E-state index >= 15 is 0 Å². The van der Waals surface area contributed by atoms with Crippen LogP contribution in [0.4, 0.5) is 0 Å². The van der Waals surface area contributed by atoms with Crippen molar-refractivity contribution < 1.29 is 33.5 Å². The second kappa shape index (κ2) is 14.1. The highest BCUT2D eigenvalue weighted by molar-refractivity contribution is 8.00. The Morgan fingerprint density at radius 2 is 1.76 bits per heavy atom. The molecule has 2 aromatic carbocycles. The topological polar surface area (TPSA) is 136 Å². The van der Waals surface area contributed by atoms with Crippen LogP contribution in [0.5, 0.6) is 0 Å². The normalized spacial score (nSPS) is 18.0. The van der Waals surface area contributed by atoms with Gasteiger partial charge in [0.05, 0.1) is 5.51 Å². The molecule has 1 aromatic heterocycles. The summed E-state index contributed by atoms with van der Waals surface area (Å²) in [7, 11) is 0. The number of oxime groups is 1. The molecule has 0 spiro atoms. The number of allylic oxidation sites excluding steroid dienone is 1. The van der Waals surface area contributed by atoms with Gasteiger partial charge in [-0.3, -0.25) is 14.5 Å². The van der Waals surface area contributed by atoms with Crippen molar-refractivity contribution in [1.29, 1.82) is 0 Å². The standard InChI is InChI=1S/C33H32N4O7S2/c1-5-20-17-46-31-26(35-29(39)25(23-18-45-19-34-23)36-42-16-24(38)44-33(2,3)4)30(40)37(31)27(20)32(41)43-28(21-12-8-6-9-13-21)22-14-10-7-11-15-22/h5-15,18-19,26,28,31H,1,16-17H2,2-4H3,(H,35,39)/b36-25-/t26?,31-/m1/s1. The van der Waals surface area contributed by atoms with Crippen molar-refractivity contribution >= 4 is 52.6 Å². The fraction of sp³-hybridized carbons (Fsp3) is 0.273. The van der Waals surface area contributed by atoms with E-state index in [9.17, 15) is 19.2 Å². The van der Waals surface area contributed by atoms with Crippen LogP contribution in [0.1, 0.15) is 43.7 Å². The molecule has 0 radical (unpaired) electrons. The van der Waals surface area contributed by atoms with E-state index in [1.165, 1.54) is 39.6 Å². The fourth-order valence-corrected chi connectivity index (χ4v) is 6.68. The molecular formula is C33H32N4O7S2. The molecule has 2 atom stereocenters. The number of aromatic nitrogens is 1. The summed E-state index contributed by atoms with van der Waals surface area (Å²) in [6, 6.07) is 17.7. The van der Waals surface area contributed by atoms with Crippen LogP contribution in [0.3, 0.4) is 0 Å². The van der Waals surface area contributed by atoms with Crippen molar-refractivity contribution in [3.05, 3.63) is 112 Å². The summed E-state index contributed by atoms with van der Waals surface area (Å²) in [6.07, 6.45) is 0.819. The number of amides is 2. The maximum Gasteiger partial charge on any atom is 0.356 e. The summed E-state index contributed by atoms with van der Waals surface area (Å²) in [4.78, 5) is 63.4. The molecule has 46 heavy (non-hydrogen) atoms. The van der Waals surface area contributed by atoms with Crippen molar-refractivity contribution in [2.24, 2.45) is 5.16 Å². The summed E-state index contributed by atoms with van der Waals surface area (Å²) in [5.74, 6) is -2.22. The molecule has 3 aromatic rings. The van der Waals surface area contributed by atoms with Crippen molar-refractivity contribution in [2.75, 3.05) is 12.4 Å². The Balaban J connectivity index is 1.32. The number of thiazole rings is 1. The molecule has 2 amide bonds. The molecule has 1 fully saturated rings. The number of fused-ring (bicyclic) bond motifs is 1. The Kier molecular flexibility index (Phi) is 10.0. The third kappa shape index (κ3) is 7.37. The van der Waals surface area contributed by atoms with Gasteiger partial charge in [-0.25, -0.2) is 14.6 Å². The van der Waals surface area contributed by atoms with Gasteiger partial charge in [0.15, 0.2) is 11.8 Å². The smallest absolute Gasteiger partial charge is 0.356 e. The summed E-state index contributed by atoms with van der Waals surface area (Å²) >= 11 is 2.61. The first kappa shape index (κ1) is 32.6. The average Bonchev–Trinajstić information content (AvgIpc) is 3.58. The molecular weight excluding hydrogens is 629 g/mol. The van der Waals surface area contributed by atoms with E-state index in [0.29, 0.717) is 11.3 Å². The van der Waals surface area contributed by atoms with Gasteiger partial charge < -0.3 is 19.6 Å². The first-order valence-electron chi connectivity index (χ1n) is 14.3. The maximum atomic E-state index is 13.8. The first-order chi connectivity index (χ1) is 22.1. The largest absolute Gasteiger partial charge is 0.457 e. The van der Waals surface area contributed by atoms with E-state index in [2.05, 4.69) is 22.0 Å². The zero-order valence-electron chi connectivity index (χ0n) is 25.4. The third-order valence-electron chi connectivity index (χ3n) is 6.80. The van der Waals surface area contributed by atoms with E-state index in [1.54, 1.807) is 26.2 Å². The van der Waals surface area contributed by atoms with Gasteiger partial charge in [-0.05, 0) is 37.5 Å². The van der Waals surface area contributed by atoms with Crippen LogP contribution in [0.15, 0.2) is 101 Å². The number of esters is 2. The monoisotopic (exact) mass is 660 g/mol. The van der Waals surface area contributed by atoms with Crippen molar-refractivity contribution in [1.82, 2.24) is 15.2 Å². The molecule has 1 unspecified atom stereocenters. The molecule has 3 heterocycles. The quantitative estimate of drug-likeness (QED) is 0.138. The molecule has 5 rings (SSSR count). The lowest BCUT2D eigenvalue weighted by atomic mass is 10.0. The van der Waals surface area contributed by atoms with Crippen LogP contribution in [0.2, 0.25) is 0 Å². The number of β-lactam (4-membered cyclic amide) rings is 1. The molecule has 0 aliphatic carbocycles. The molecule has 1 saturated heterocycles. The average molecular weight is 661 g/mol. The number of nitrogens with zero attached hydrogens (tertiary/aromatic N) is 3. The Labute approximate surface area is 274 Å². The molecule has 2 aliphatic heterocycles. The minimum absolute atomic E-state index is 0.0835. The van der Waals surface area contributed by atoms with Gasteiger partial charge in [0.25, 0.3) is 11.8 Å². The minimum Gasteiger partial charge on any atom is -0.457 e. The zero-order chi connectivity index (χ0) is 32.8. The van der Waals surface area contributed by atoms with Crippen LogP contribution in [0.25, 0.3) is 0 Å². The second-order valence-corrected chi connectivity index (χ2v) is 13.0. The highest BCUT2D eigenvalue weighted by Gasteiger charge is 2.54. The van der Waals surface area contributed by atoms with Crippen LogP contribution in [-0.4, -0.2) is 68.7 Å². The minimum atomic E-state index is -0.972. The number of benzene rings is 2. The number of thioether (sulfide) groups is 1. The Morgan fingerprint density at radius 3 is 2.33 bits per heavy atom. The lowest BCUT2D eigenvalue weighted by Gasteiger charge is -2.49. The predicted octanol–water partition coefficient (Wildman–Crippen LogP) is 4.38. The van der Waals surface area contributed by atoms with E-state index in [1.807, 2.05) is 60.7 Å². The lowest BCUT2D eigenvalue weighted by molar-refractivity contribution is -0.160. The van der Waals surface area contributed by atoms with E-state index < -0.39 is 53.5 Å². The lowest BCUT2D eigenvalue weighted by Crippen LogP contribution is -2.71. The number of nitrogens with one attached hydrogen (secondary N) is 1. The van der Waals surface area contributed by atoms with Gasteiger partial charge in [0, 0.05) is 11.1 Å². The predicted molar refractivity (Wildman–Crippen MR) is 174 cm³/mol. The molecule has 0 bridgehead atoms. The van der Waals surface area contributed by atoms with Gasteiger partial charge in [0.2, 0.25) is 6.61 Å². The van der Waals surface area contributed by atoms with Gasteiger partial charge in [-0.2, -0.15) is 0 Å². The van der Waals surface area contributed by atoms with Crippen LogP contribution >= 0.6 is 23.1 Å². The first-order valence-corrected chi connectivity index (χ1v) is 16.3. The maximum absolute atomic E-state index is 13.8.